The third kappa shape index (κ3) is 17.8. The molecule has 0 radical (unpaired) electrons. The lowest BCUT2D eigenvalue weighted by molar-refractivity contribution is -0.133. The van der Waals surface area contributed by atoms with Crippen molar-refractivity contribution in [1.82, 2.24) is 57.3 Å². The second-order valence-electron chi connectivity index (χ2n) is 29.3. The van der Waals surface area contributed by atoms with E-state index in [2.05, 4.69) is 29.9 Å². The van der Waals surface area contributed by atoms with Crippen molar-refractivity contribution in [3.8, 4) is 0 Å². The zero-order valence-electron chi connectivity index (χ0n) is 93.9. The Balaban J connectivity index is 0.000000153. The number of hydrogen-bond acceptors (Lipinski definition) is 30. The van der Waals surface area contributed by atoms with Gasteiger partial charge in [-0.1, -0.05) is 36.3 Å². The summed E-state index contributed by atoms with van der Waals surface area (Å²) in [7, 11) is 0. The summed E-state index contributed by atoms with van der Waals surface area (Å²) in [5.41, 5.74) is 28.4. The van der Waals surface area contributed by atoms with Gasteiger partial charge < -0.3 is 34.4 Å². The molecule has 2 unspecified atom stereocenters. The van der Waals surface area contributed by atoms with Gasteiger partial charge in [-0.15, -0.1) is 0 Å². The Hall–Kier alpha value is -15.0. The van der Waals surface area contributed by atoms with Crippen LogP contribution in [-0.4, -0.2) is 127 Å². The van der Waals surface area contributed by atoms with E-state index >= 15 is 0 Å². The number of nitrogens with zero attached hydrogens (tertiary/aromatic N) is 12. The Kier molecular flexibility index (Phi) is 17.3. The van der Waals surface area contributed by atoms with Crippen LogP contribution >= 0.6 is 0 Å². The van der Waals surface area contributed by atoms with E-state index in [0.29, 0.717) is 9.13 Å². The maximum atomic E-state index is 13.1. The molecule has 0 bridgehead atoms. The maximum Gasteiger partial charge on any atom is 0.264 e. The van der Waals surface area contributed by atoms with Crippen molar-refractivity contribution in [1.29, 1.82) is 0 Å². The van der Waals surface area contributed by atoms with Crippen LogP contribution in [0.2, 0.25) is 0 Å². The van der Waals surface area contributed by atoms with E-state index in [-0.39, 0.29) is 252 Å². The van der Waals surface area contributed by atoms with Crippen LogP contribution in [0.15, 0.2) is 138 Å². The van der Waals surface area contributed by atoms with Gasteiger partial charge in [0.2, 0.25) is 0 Å². The molecule has 0 saturated heterocycles. The van der Waals surface area contributed by atoms with Gasteiger partial charge >= 0.3 is 0 Å². The maximum absolute atomic E-state index is 13.1. The molecular formula is C90H90N18O18. The minimum atomic E-state index is -3.19. The number of anilines is 6. The number of ketones is 12. The molecule has 648 valence electrons. The van der Waals surface area contributed by atoms with E-state index < -0.39 is 223 Å². The van der Waals surface area contributed by atoms with Crippen molar-refractivity contribution in [2.24, 2.45) is 0 Å². The third-order valence-electron chi connectivity index (χ3n) is 21.0. The highest BCUT2D eigenvalue weighted by Gasteiger charge is 2.38. The highest BCUT2D eigenvalue weighted by Crippen LogP contribution is 2.33. The lowest BCUT2D eigenvalue weighted by atomic mass is 9.92. The molecule has 6 aliphatic rings. The van der Waals surface area contributed by atoms with Crippen LogP contribution in [-0.2, 0) is 57.5 Å². The monoisotopic (exact) mass is 1740 g/mol. The van der Waals surface area contributed by atoms with Crippen molar-refractivity contribution in [2.45, 2.75) is 193 Å². The highest BCUT2D eigenvalue weighted by atomic mass is 16.2. The Labute approximate surface area is 752 Å². The number of rotatable bonds is 6. The summed E-state index contributed by atoms with van der Waals surface area (Å²) < 4.78 is 217. The van der Waals surface area contributed by atoms with Crippen LogP contribution in [0.4, 0.5) is 34.1 Å². The fourth-order valence-corrected chi connectivity index (χ4v) is 15.1. The first-order chi connectivity index (χ1) is 70.7. The molecule has 6 atom stereocenters. The number of aryl methyl sites for hydroxylation is 6. The van der Waals surface area contributed by atoms with Crippen molar-refractivity contribution in [2.75, 3.05) is 34.4 Å². The van der Waals surface area contributed by atoms with Gasteiger partial charge in [0.1, 0.15) is 69.6 Å². The summed E-state index contributed by atoms with van der Waals surface area (Å²) in [5.74, 6) is -8.44. The molecule has 36 nitrogen and oxygen atoms in total. The van der Waals surface area contributed by atoms with Gasteiger partial charge in [-0.05, 0) is 152 Å². The largest absolute Gasteiger partial charge is 0.398 e. The zero-order chi connectivity index (χ0) is 114. The van der Waals surface area contributed by atoms with Gasteiger partial charge in [-0.25, -0.2) is 29.9 Å². The fourth-order valence-electron chi connectivity index (χ4n) is 15.1. The van der Waals surface area contributed by atoms with Crippen molar-refractivity contribution >= 4 is 169 Å². The lowest BCUT2D eigenvalue weighted by Crippen LogP contribution is -2.36. The third-order valence-corrected chi connectivity index (χ3v) is 21.0. The molecule has 12 aromatic rings. The first-order valence-corrected chi connectivity index (χ1v) is 38.3. The Morgan fingerprint density at radius 2 is 0.548 bits per heavy atom. The minimum absolute atomic E-state index is 0.00626. The predicted octanol–water partition coefficient (Wildman–Crippen LogP) is 6.90. The van der Waals surface area contributed by atoms with Crippen LogP contribution < -0.4 is 67.8 Å². The Morgan fingerprint density at radius 3 is 0.841 bits per heavy atom. The molecule has 18 rings (SSSR count). The second kappa shape index (κ2) is 36.6. The van der Waals surface area contributed by atoms with Crippen LogP contribution in [0.25, 0.3) is 65.4 Å². The van der Waals surface area contributed by atoms with Gasteiger partial charge in [0.25, 0.3) is 33.4 Å². The molecule has 6 aromatic heterocycles. The molecule has 0 spiro atoms. The number of carbonyl (C=O) groups is 12. The van der Waals surface area contributed by atoms with E-state index in [9.17, 15) is 86.3 Å². The van der Waals surface area contributed by atoms with Gasteiger partial charge in [0.05, 0.1) is 158 Å². The summed E-state index contributed by atoms with van der Waals surface area (Å²) in [5, 5.41) is -1.09. The van der Waals surface area contributed by atoms with Crippen molar-refractivity contribution in [3.63, 3.8) is 0 Å². The number of aromatic nitrogens is 12. The number of benzene rings is 6. The molecule has 12 N–H and O–H groups in total. The van der Waals surface area contributed by atoms with Gasteiger partial charge in [-0.3, -0.25) is 114 Å². The number of Topliss-reactive ketones (excluding diaryl/α,β-unsaturated/α-hetero) is 12. The molecule has 6 saturated carbocycles. The van der Waals surface area contributed by atoms with Gasteiger partial charge in [0.15, 0.2) is 34.7 Å². The number of fused-ring (bicyclic) bond motifs is 6. The first-order valence-electron chi connectivity index (χ1n) is 51.8. The summed E-state index contributed by atoms with van der Waals surface area (Å²) in [6.07, 6.45) is -14.6. The smallest absolute Gasteiger partial charge is 0.264 e. The standard InChI is InChI=1S/6C15H15N3O3/c6*1-8-17-11-4-2-3-10(16)14(11)15(21)18(8)12-6-5-9(19)7-13(12)20/h6*2-4,12H,5-7,16H2,1H3/t4*12-;;/m1100../s1/i2D,3D,4D;1D3,5D2,6D2;2D,3D,4D;1D3,5D2,6D2;2D,3D,4D,12D;2D,3D,4D. The van der Waals surface area contributed by atoms with Crippen LogP contribution in [0, 0.1) is 41.4 Å². The molecule has 6 fully saturated rings. The Bertz CT molecular complexity index is 8060. The number of hydrogen-bond donors (Lipinski definition) is 6. The first kappa shape index (κ1) is 59.7. The summed E-state index contributed by atoms with van der Waals surface area (Å²) in [6, 6.07) is -5.30. The number of carbonyl (C=O) groups excluding carboxylic acids is 12. The average Bonchev–Trinajstić information content (AvgIpc) is 0.712. The minimum Gasteiger partial charge on any atom is -0.398 e. The van der Waals surface area contributed by atoms with Gasteiger partial charge in [-0.2, -0.15) is 0 Å². The van der Waals surface area contributed by atoms with Crippen molar-refractivity contribution in [3.05, 3.63) is 206 Å². The summed E-state index contributed by atoms with van der Waals surface area (Å²) >= 11 is 0. The molecule has 6 aromatic carbocycles. The number of nitrogens with two attached hydrogens (primary N) is 6. The molecule has 0 amide bonds. The van der Waals surface area contributed by atoms with Crippen LogP contribution in [0.3, 0.4) is 0 Å². The van der Waals surface area contributed by atoms with E-state index in [1.165, 1.54) is 77.8 Å². The zero-order valence-corrected chi connectivity index (χ0v) is 66.9. The van der Waals surface area contributed by atoms with Crippen LogP contribution in [0.1, 0.15) is 224 Å². The normalized spacial score (nSPS) is 24.7. The van der Waals surface area contributed by atoms with E-state index in [1.54, 1.807) is 0 Å². The lowest BCUT2D eigenvalue weighted by Gasteiger charge is -2.24. The number of nitrogen functional groups attached to an aromatic ring is 6. The average molecular weight is 1740 g/mol. The van der Waals surface area contributed by atoms with E-state index in [1.807, 2.05) is 0 Å². The fraction of sp³-hybridized carbons (Fsp3) is 0.333. The predicted molar refractivity (Wildman–Crippen MR) is 468 cm³/mol. The molecule has 6 heterocycles. The van der Waals surface area contributed by atoms with Gasteiger partial charge in [0, 0.05) is 91.7 Å². The highest BCUT2D eigenvalue weighted by molar-refractivity contribution is 6.08. The van der Waals surface area contributed by atoms with Crippen LogP contribution in [0.5, 0.6) is 0 Å². The van der Waals surface area contributed by atoms with E-state index in [0.717, 1.165) is 4.57 Å². The molecule has 36 heteroatoms. The summed E-state index contributed by atoms with van der Waals surface area (Å²) in [6.45, 7) is -0.0606. The topological polar surface area (TPSA) is 570 Å². The van der Waals surface area contributed by atoms with Crippen molar-refractivity contribution < 1.29 is 94.5 Å². The molecule has 0 aliphatic heterocycles. The molecular weight excluding hydrogens is 1620 g/mol. The summed E-state index contributed by atoms with van der Waals surface area (Å²) in [4.78, 5) is 246. The quantitative estimate of drug-likeness (QED) is 0.0727. The SMILES string of the molecule is [2H]C([2H])([2H])c1nc2cccc(N)c2c(=O)n1[C@@H]1C(=O)CC(=O)C([2H])([2H])C1([2H])[2H].[2H]C([2H])([2H])c1nc2cccc(N)c2c(=O)n1[C@H]1C(=O)CC(=O)C([2H])([2H])C1([2H])[2H].[2H]c1c([2H])c(N)c2c(=O)n(C3([2H])CCC(=O)CC3=O)c(C)nc2c1[2H].[2H]c1c([2H])c(N)c2c(=O)n(C3CCC(=O)CC3=O)c(C)nc2c1[2H].[2H]c1c([2H])c(N)c2c(=O)n([C@@H]3CCC(=O)CC3=O)c(C)nc2c1[2H].[2H]c1c([2H])c(N)c2c(=O)n([C@H]3CCC(=O)CC3=O)c(C)nc2c1[2H]. The Morgan fingerprint density at radius 1 is 0.302 bits per heavy atom. The second-order valence-corrected chi connectivity index (χ2v) is 29.3. The molecule has 126 heavy (non-hydrogen) atoms. The van der Waals surface area contributed by atoms with E-state index in [4.69, 9.17) is 71.4 Å². The molecule has 6 aliphatic carbocycles.